The van der Waals surface area contributed by atoms with Gasteiger partial charge in [-0.05, 0) is 31.2 Å². The molecule has 25 heavy (non-hydrogen) atoms. The number of benzene rings is 1. The monoisotopic (exact) mass is 407 g/mol. The number of rotatable bonds is 7. The van der Waals surface area contributed by atoms with Gasteiger partial charge in [-0.1, -0.05) is 23.2 Å². The number of esters is 1. The topological polar surface area (TPSA) is 94.8 Å². The van der Waals surface area contributed by atoms with Crippen LogP contribution < -0.4 is 9.46 Å². The molecular weight excluding hydrogens is 393 g/mol. The maximum atomic E-state index is 12.5. The van der Waals surface area contributed by atoms with Crippen LogP contribution in [0.3, 0.4) is 0 Å². The molecule has 2 rings (SSSR count). The first-order chi connectivity index (χ1) is 11.8. The molecule has 1 aromatic carbocycles. The van der Waals surface area contributed by atoms with Gasteiger partial charge >= 0.3 is 5.97 Å². The fourth-order valence-corrected chi connectivity index (χ4v) is 3.56. The Morgan fingerprint density at radius 1 is 1.24 bits per heavy atom. The summed E-state index contributed by atoms with van der Waals surface area (Å²) in [6, 6.07) is 5.51. The molecule has 1 heterocycles. The summed E-state index contributed by atoms with van der Waals surface area (Å²) in [6.07, 6.45) is 0. The summed E-state index contributed by atoms with van der Waals surface area (Å²) in [4.78, 5) is 11.4. The molecule has 1 N–H and O–H groups in total. The number of hydrogen-bond donors (Lipinski definition) is 1. The number of halogens is 2. The molecule has 0 fully saturated rings. The van der Waals surface area contributed by atoms with Crippen LogP contribution in [0.5, 0.6) is 5.75 Å². The van der Waals surface area contributed by atoms with E-state index < -0.39 is 16.0 Å². The Morgan fingerprint density at radius 2 is 1.96 bits per heavy atom. The first-order valence-electron chi connectivity index (χ1n) is 7.07. The Hall–Kier alpha value is -1.74. The molecule has 2 aromatic rings. The normalized spacial score (nSPS) is 11.4. The molecular formula is C15H15Cl2NO6S. The quantitative estimate of drug-likeness (QED) is 0.707. The summed E-state index contributed by atoms with van der Waals surface area (Å²) >= 11 is 11.8. The van der Waals surface area contributed by atoms with E-state index in [2.05, 4.69) is 4.72 Å². The van der Waals surface area contributed by atoms with Crippen molar-refractivity contribution in [3.8, 4) is 5.75 Å². The average Bonchev–Trinajstić information content (AvgIpc) is 3.04. The zero-order valence-corrected chi connectivity index (χ0v) is 15.7. The van der Waals surface area contributed by atoms with Crippen molar-refractivity contribution in [1.82, 2.24) is 4.72 Å². The number of furan rings is 1. The average molecular weight is 408 g/mol. The highest BCUT2D eigenvalue weighted by molar-refractivity contribution is 7.89. The van der Waals surface area contributed by atoms with Crippen LogP contribution in [-0.4, -0.2) is 28.1 Å². The van der Waals surface area contributed by atoms with Gasteiger partial charge in [0.15, 0.2) is 5.75 Å². The lowest BCUT2D eigenvalue weighted by Crippen LogP contribution is -2.23. The van der Waals surface area contributed by atoms with Crippen LogP contribution in [0, 0.1) is 0 Å². The molecule has 0 aliphatic carbocycles. The molecule has 0 spiro atoms. The van der Waals surface area contributed by atoms with Crippen molar-refractivity contribution in [3.05, 3.63) is 45.8 Å². The van der Waals surface area contributed by atoms with Gasteiger partial charge in [0.25, 0.3) is 0 Å². The van der Waals surface area contributed by atoms with Crippen LogP contribution in [0.25, 0.3) is 0 Å². The Kier molecular flexibility index (Phi) is 6.34. The number of hydrogen-bond acceptors (Lipinski definition) is 6. The first-order valence-corrected chi connectivity index (χ1v) is 9.31. The van der Waals surface area contributed by atoms with Gasteiger partial charge in [0.1, 0.15) is 15.7 Å². The summed E-state index contributed by atoms with van der Waals surface area (Å²) in [6.45, 7) is 1.70. The molecule has 10 heteroatoms. The van der Waals surface area contributed by atoms with E-state index in [1.165, 1.54) is 31.4 Å². The van der Waals surface area contributed by atoms with E-state index >= 15 is 0 Å². The minimum Gasteiger partial charge on any atom is -0.494 e. The fraction of sp³-hybridized carbons (Fsp3) is 0.267. The molecule has 1 aromatic heterocycles. The van der Waals surface area contributed by atoms with Crippen molar-refractivity contribution in [1.29, 1.82) is 0 Å². The van der Waals surface area contributed by atoms with Crippen molar-refractivity contribution in [3.63, 3.8) is 0 Å². The van der Waals surface area contributed by atoms with Gasteiger partial charge in [0.05, 0.1) is 25.3 Å². The molecule has 0 saturated carbocycles. The second-order valence-electron chi connectivity index (χ2n) is 4.70. The number of sulfonamides is 1. The van der Waals surface area contributed by atoms with E-state index in [4.69, 9.17) is 37.1 Å². The van der Waals surface area contributed by atoms with E-state index in [0.717, 1.165) is 0 Å². The van der Waals surface area contributed by atoms with E-state index in [1.807, 2.05) is 0 Å². The third-order valence-corrected chi connectivity index (χ3v) is 5.29. The lowest BCUT2D eigenvalue weighted by Gasteiger charge is -2.12. The third kappa shape index (κ3) is 4.46. The van der Waals surface area contributed by atoms with Gasteiger partial charge in [0.2, 0.25) is 15.8 Å². The van der Waals surface area contributed by atoms with E-state index in [-0.39, 0.29) is 45.4 Å². The van der Waals surface area contributed by atoms with Crippen molar-refractivity contribution >= 4 is 39.2 Å². The standard InChI is InChI=1S/C15H15Cl2NO6S/c1-3-23-15(19)11-6-4-9(24-11)8-18-25(20,21)12-7-5-10(16)13(17)14(12)22-2/h4-7,18H,3,8H2,1-2H3. The smallest absolute Gasteiger partial charge is 0.374 e. The Labute approximate surface area is 154 Å². The molecule has 0 unspecified atom stereocenters. The number of carbonyl (C=O) groups is 1. The molecule has 7 nitrogen and oxygen atoms in total. The van der Waals surface area contributed by atoms with Crippen molar-refractivity contribution in [2.45, 2.75) is 18.4 Å². The first kappa shape index (κ1) is 19.6. The molecule has 0 radical (unpaired) electrons. The highest BCUT2D eigenvalue weighted by atomic mass is 35.5. The van der Waals surface area contributed by atoms with Crippen LogP contribution in [0.1, 0.15) is 23.2 Å². The van der Waals surface area contributed by atoms with E-state index in [0.29, 0.717) is 0 Å². The van der Waals surface area contributed by atoms with Crippen LogP contribution in [0.15, 0.2) is 33.6 Å². The van der Waals surface area contributed by atoms with Gasteiger partial charge < -0.3 is 13.9 Å². The summed E-state index contributed by atoms with van der Waals surface area (Å²) < 4.78 is 42.4. The minimum atomic E-state index is -3.96. The predicted octanol–water partition coefficient (Wildman–Crippen LogP) is 3.25. The number of nitrogens with one attached hydrogen (secondary N) is 1. The SMILES string of the molecule is CCOC(=O)c1ccc(CNS(=O)(=O)c2ccc(Cl)c(Cl)c2OC)o1. The van der Waals surface area contributed by atoms with Crippen LogP contribution in [-0.2, 0) is 21.3 Å². The minimum absolute atomic E-state index is 0.00497. The summed E-state index contributed by atoms with van der Waals surface area (Å²) in [5.41, 5.74) is 0. The zero-order chi connectivity index (χ0) is 18.6. The molecule has 0 amide bonds. The molecule has 0 atom stereocenters. The maximum Gasteiger partial charge on any atom is 0.374 e. The number of ether oxygens (including phenoxy) is 2. The van der Waals surface area contributed by atoms with Gasteiger partial charge in [-0.25, -0.2) is 17.9 Å². The second kappa shape index (κ2) is 8.09. The van der Waals surface area contributed by atoms with Crippen LogP contribution >= 0.6 is 23.2 Å². The van der Waals surface area contributed by atoms with Crippen molar-refractivity contribution in [2.75, 3.05) is 13.7 Å². The highest BCUT2D eigenvalue weighted by Crippen LogP contribution is 2.37. The van der Waals surface area contributed by atoms with Crippen LogP contribution in [0.4, 0.5) is 0 Å². The number of carbonyl (C=O) groups excluding carboxylic acids is 1. The molecule has 0 bridgehead atoms. The molecule has 136 valence electrons. The lowest BCUT2D eigenvalue weighted by atomic mass is 10.3. The van der Waals surface area contributed by atoms with Gasteiger partial charge in [0, 0.05) is 0 Å². The molecule has 0 saturated heterocycles. The Balaban J connectivity index is 2.18. The Bertz CT molecular complexity index is 878. The Morgan fingerprint density at radius 3 is 2.60 bits per heavy atom. The molecule has 0 aliphatic rings. The van der Waals surface area contributed by atoms with Gasteiger partial charge in [-0.3, -0.25) is 0 Å². The maximum absolute atomic E-state index is 12.5. The predicted molar refractivity (Wildman–Crippen MR) is 91.7 cm³/mol. The van der Waals surface area contributed by atoms with Gasteiger partial charge in [-0.15, -0.1) is 0 Å². The van der Waals surface area contributed by atoms with Crippen LogP contribution in [0.2, 0.25) is 10.0 Å². The van der Waals surface area contributed by atoms with Crippen molar-refractivity contribution < 1.29 is 27.1 Å². The summed E-state index contributed by atoms with van der Waals surface area (Å²) in [7, 11) is -2.67. The van der Waals surface area contributed by atoms with Crippen molar-refractivity contribution in [2.24, 2.45) is 0 Å². The highest BCUT2D eigenvalue weighted by Gasteiger charge is 2.23. The molecule has 0 aliphatic heterocycles. The second-order valence-corrected chi connectivity index (χ2v) is 7.22. The summed E-state index contributed by atoms with van der Waals surface area (Å²) in [5.74, 6) is -0.454. The lowest BCUT2D eigenvalue weighted by molar-refractivity contribution is 0.0488. The third-order valence-electron chi connectivity index (χ3n) is 3.08. The number of methoxy groups -OCH3 is 1. The largest absolute Gasteiger partial charge is 0.494 e. The zero-order valence-electron chi connectivity index (χ0n) is 13.3. The van der Waals surface area contributed by atoms with E-state index in [9.17, 15) is 13.2 Å². The van der Waals surface area contributed by atoms with Gasteiger partial charge in [-0.2, -0.15) is 0 Å². The van der Waals surface area contributed by atoms with E-state index in [1.54, 1.807) is 6.92 Å². The summed E-state index contributed by atoms with van der Waals surface area (Å²) in [5, 5.41) is 0.164. The fourth-order valence-electron chi connectivity index (χ4n) is 1.94.